The molecular weight excluding hydrogens is 280 g/mol. The van der Waals surface area contributed by atoms with Gasteiger partial charge in [-0.15, -0.1) is 11.3 Å². The number of pyridine rings is 1. The molecule has 3 heterocycles. The number of nitrogens with one attached hydrogen (secondary N) is 1. The van der Waals surface area contributed by atoms with Gasteiger partial charge < -0.3 is 5.32 Å². The van der Waals surface area contributed by atoms with Gasteiger partial charge in [-0.1, -0.05) is 6.07 Å². The zero-order valence-corrected chi connectivity index (χ0v) is 13.5. The van der Waals surface area contributed by atoms with Crippen LogP contribution in [0.3, 0.4) is 0 Å². The average molecular weight is 298 g/mol. The molecule has 3 aromatic heterocycles. The highest BCUT2D eigenvalue weighted by Crippen LogP contribution is 2.31. The summed E-state index contributed by atoms with van der Waals surface area (Å²) < 4.78 is 0. The second-order valence-electron chi connectivity index (χ2n) is 5.18. The largest absolute Gasteiger partial charge is 0.370 e. The molecule has 1 N–H and O–H groups in total. The van der Waals surface area contributed by atoms with Gasteiger partial charge in [0.15, 0.2) is 5.82 Å². The van der Waals surface area contributed by atoms with Gasteiger partial charge in [-0.05, 0) is 44.9 Å². The molecule has 0 saturated heterocycles. The van der Waals surface area contributed by atoms with Gasteiger partial charge in [0.2, 0.25) is 0 Å². The fourth-order valence-corrected chi connectivity index (χ4v) is 3.28. The van der Waals surface area contributed by atoms with Gasteiger partial charge in [-0.3, -0.25) is 4.98 Å². The number of aryl methyl sites for hydroxylation is 3. The van der Waals surface area contributed by atoms with Crippen molar-refractivity contribution in [3.05, 3.63) is 34.3 Å². The van der Waals surface area contributed by atoms with E-state index in [0.29, 0.717) is 5.82 Å². The summed E-state index contributed by atoms with van der Waals surface area (Å²) in [6.45, 7) is 9.09. The highest BCUT2D eigenvalue weighted by Gasteiger charge is 2.13. The van der Waals surface area contributed by atoms with E-state index < -0.39 is 0 Å². The first kappa shape index (κ1) is 13.9. The number of nitrogens with zero attached hydrogens (tertiary/aromatic N) is 3. The number of anilines is 1. The Balaban J connectivity index is 2.22. The van der Waals surface area contributed by atoms with E-state index >= 15 is 0 Å². The summed E-state index contributed by atoms with van der Waals surface area (Å²) in [5, 5.41) is 4.42. The maximum atomic E-state index is 4.70. The molecular formula is C16H18N4S. The van der Waals surface area contributed by atoms with Gasteiger partial charge in [-0.2, -0.15) is 0 Å². The Morgan fingerprint density at radius 3 is 2.67 bits per heavy atom. The van der Waals surface area contributed by atoms with Crippen molar-refractivity contribution in [1.82, 2.24) is 15.0 Å². The number of fused-ring (bicyclic) bond motifs is 1. The lowest BCUT2D eigenvalue weighted by molar-refractivity contribution is 1.12. The molecule has 4 nitrogen and oxygen atoms in total. The molecule has 0 radical (unpaired) electrons. The molecule has 108 valence electrons. The van der Waals surface area contributed by atoms with Gasteiger partial charge in [0, 0.05) is 17.6 Å². The smallest absolute Gasteiger partial charge is 0.181 e. The zero-order valence-electron chi connectivity index (χ0n) is 12.7. The Hall–Kier alpha value is -2.01. The van der Waals surface area contributed by atoms with E-state index in [-0.39, 0.29) is 0 Å². The highest BCUT2D eigenvalue weighted by atomic mass is 32.1. The molecule has 21 heavy (non-hydrogen) atoms. The number of hydrogen-bond acceptors (Lipinski definition) is 5. The van der Waals surface area contributed by atoms with Gasteiger partial charge in [0.1, 0.15) is 16.3 Å². The first-order valence-corrected chi connectivity index (χ1v) is 7.86. The van der Waals surface area contributed by atoms with E-state index in [9.17, 15) is 0 Å². The van der Waals surface area contributed by atoms with E-state index in [1.54, 1.807) is 11.3 Å². The van der Waals surface area contributed by atoms with E-state index in [1.807, 2.05) is 13.1 Å². The van der Waals surface area contributed by atoms with Gasteiger partial charge >= 0.3 is 0 Å². The topological polar surface area (TPSA) is 50.7 Å². The molecule has 0 fully saturated rings. The van der Waals surface area contributed by atoms with Crippen LogP contribution in [0.25, 0.3) is 21.7 Å². The summed E-state index contributed by atoms with van der Waals surface area (Å²) in [5.74, 6) is 1.58. The fraction of sp³-hybridized carbons (Fsp3) is 0.312. The number of thiophene rings is 1. The molecule has 0 bridgehead atoms. The van der Waals surface area contributed by atoms with Crippen molar-refractivity contribution in [2.45, 2.75) is 27.7 Å². The number of rotatable bonds is 3. The molecule has 0 spiro atoms. The van der Waals surface area contributed by atoms with Crippen molar-refractivity contribution in [3.8, 4) is 11.5 Å². The lowest BCUT2D eigenvalue weighted by Gasteiger charge is -2.08. The fourth-order valence-electron chi connectivity index (χ4n) is 2.40. The Labute approximate surface area is 128 Å². The monoisotopic (exact) mass is 298 g/mol. The van der Waals surface area contributed by atoms with Crippen LogP contribution < -0.4 is 5.32 Å². The summed E-state index contributed by atoms with van der Waals surface area (Å²) in [4.78, 5) is 16.2. The van der Waals surface area contributed by atoms with Crippen LogP contribution in [-0.2, 0) is 0 Å². The van der Waals surface area contributed by atoms with Crippen LogP contribution >= 0.6 is 11.3 Å². The average Bonchev–Trinajstić information content (AvgIpc) is 2.79. The van der Waals surface area contributed by atoms with Crippen LogP contribution in [-0.4, -0.2) is 21.5 Å². The second-order valence-corrected chi connectivity index (χ2v) is 6.41. The highest BCUT2D eigenvalue weighted by molar-refractivity contribution is 7.18. The first-order chi connectivity index (χ1) is 10.1. The predicted molar refractivity (Wildman–Crippen MR) is 89.0 cm³/mol. The summed E-state index contributed by atoms with van der Waals surface area (Å²) in [6, 6.07) is 4.25. The van der Waals surface area contributed by atoms with Crippen molar-refractivity contribution in [3.63, 3.8) is 0 Å². The molecule has 0 aromatic carbocycles. The van der Waals surface area contributed by atoms with Crippen LogP contribution in [0.5, 0.6) is 0 Å². The molecule has 0 unspecified atom stereocenters. The Morgan fingerprint density at radius 1 is 1.14 bits per heavy atom. The zero-order chi connectivity index (χ0) is 15.0. The molecule has 0 aliphatic carbocycles. The molecule has 3 aromatic rings. The van der Waals surface area contributed by atoms with Crippen LogP contribution in [0.2, 0.25) is 0 Å². The lowest BCUT2D eigenvalue weighted by atomic mass is 10.1. The second kappa shape index (κ2) is 5.41. The summed E-state index contributed by atoms with van der Waals surface area (Å²) in [7, 11) is 0. The molecule has 5 heteroatoms. The third kappa shape index (κ3) is 2.61. The van der Waals surface area contributed by atoms with Crippen LogP contribution in [0.1, 0.15) is 22.9 Å². The molecule has 0 aliphatic heterocycles. The minimum Gasteiger partial charge on any atom is -0.370 e. The maximum Gasteiger partial charge on any atom is 0.181 e. The summed E-state index contributed by atoms with van der Waals surface area (Å²) in [5.41, 5.74) is 3.11. The van der Waals surface area contributed by atoms with Gasteiger partial charge in [-0.25, -0.2) is 9.97 Å². The van der Waals surface area contributed by atoms with E-state index in [4.69, 9.17) is 4.98 Å². The quantitative estimate of drug-likeness (QED) is 0.790. The SMILES string of the molecule is CCNc1nc(-c2ncc(C)cc2C)nc2sc(C)cc12. The number of hydrogen-bond donors (Lipinski definition) is 1. The third-order valence-corrected chi connectivity index (χ3v) is 4.23. The Kier molecular flexibility index (Phi) is 3.59. The van der Waals surface area contributed by atoms with E-state index in [2.05, 4.69) is 48.2 Å². The summed E-state index contributed by atoms with van der Waals surface area (Å²) >= 11 is 1.69. The molecule has 0 amide bonds. The normalized spacial score (nSPS) is 11.0. The Morgan fingerprint density at radius 2 is 1.95 bits per heavy atom. The van der Waals surface area contributed by atoms with Crippen molar-refractivity contribution >= 4 is 27.4 Å². The van der Waals surface area contributed by atoms with Crippen molar-refractivity contribution < 1.29 is 0 Å². The van der Waals surface area contributed by atoms with Crippen LogP contribution in [0.15, 0.2) is 18.3 Å². The van der Waals surface area contributed by atoms with Gasteiger partial charge in [0.05, 0.1) is 5.39 Å². The molecule has 0 aliphatic rings. The lowest BCUT2D eigenvalue weighted by Crippen LogP contribution is -2.03. The number of aromatic nitrogens is 3. The summed E-state index contributed by atoms with van der Waals surface area (Å²) in [6.07, 6.45) is 1.86. The van der Waals surface area contributed by atoms with Crippen molar-refractivity contribution in [2.75, 3.05) is 11.9 Å². The Bertz CT molecular complexity index is 807. The van der Waals surface area contributed by atoms with Crippen LogP contribution in [0, 0.1) is 20.8 Å². The molecule has 0 atom stereocenters. The van der Waals surface area contributed by atoms with E-state index in [0.717, 1.165) is 39.4 Å². The van der Waals surface area contributed by atoms with E-state index in [1.165, 1.54) is 4.88 Å². The van der Waals surface area contributed by atoms with Crippen molar-refractivity contribution in [1.29, 1.82) is 0 Å². The minimum absolute atomic E-state index is 0.692. The first-order valence-electron chi connectivity index (χ1n) is 7.04. The van der Waals surface area contributed by atoms with Crippen LogP contribution in [0.4, 0.5) is 5.82 Å². The molecule has 0 saturated carbocycles. The third-order valence-electron chi connectivity index (χ3n) is 3.29. The maximum absolute atomic E-state index is 4.70. The molecule has 3 rings (SSSR count). The predicted octanol–water partition coefficient (Wildman–Crippen LogP) is 4.11. The standard InChI is InChI=1S/C16H18N4S/c1-5-17-14-12-7-11(4)21-16(12)20-15(19-14)13-10(3)6-9(2)8-18-13/h6-8H,5H2,1-4H3,(H,17,19,20). The van der Waals surface area contributed by atoms with Gasteiger partial charge in [0.25, 0.3) is 0 Å². The minimum atomic E-state index is 0.692. The van der Waals surface area contributed by atoms with Crippen molar-refractivity contribution in [2.24, 2.45) is 0 Å².